The van der Waals surface area contributed by atoms with Crippen molar-refractivity contribution >= 4 is 11.8 Å². The SMILES string of the molecule is COc1ccc(CCCC(=O)NC2CC[C@H]3[C@@H]4CCC5N(C)C(=O)C=C[C@]5(C)[C@@H]4CC[C@]23C)cc1OC. The van der Waals surface area contributed by atoms with E-state index >= 15 is 0 Å². The Labute approximate surface area is 222 Å². The van der Waals surface area contributed by atoms with E-state index in [4.69, 9.17) is 9.47 Å². The molecule has 4 aliphatic rings. The number of hydrogen-bond acceptors (Lipinski definition) is 4. The lowest BCUT2D eigenvalue weighted by Crippen LogP contribution is -2.60. The van der Waals surface area contributed by atoms with Crippen LogP contribution in [0.15, 0.2) is 30.4 Å². The molecule has 1 aliphatic heterocycles. The Morgan fingerprint density at radius 3 is 2.59 bits per heavy atom. The molecule has 0 bridgehead atoms. The van der Waals surface area contributed by atoms with E-state index < -0.39 is 0 Å². The van der Waals surface area contributed by atoms with Gasteiger partial charge >= 0.3 is 0 Å². The van der Waals surface area contributed by atoms with Crippen LogP contribution in [0.3, 0.4) is 0 Å². The van der Waals surface area contributed by atoms with Gasteiger partial charge in [0.05, 0.1) is 14.2 Å². The lowest BCUT2D eigenvalue weighted by Gasteiger charge is -2.60. The summed E-state index contributed by atoms with van der Waals surface area (Å²) in [7, 11) is 5.27. The minimum absolute atomic E-state index is 0.0678. The first-order chi connectivity index (χ1) is 17.7. The molecule has 37 heavy (non-hydrogen) atoms. The Kier molecular flexibility index (Phi) is 7.06. The van der Waals surface area contributed by atoms with Gasteiger partial charge in [-0.15, -0.1) is 0 Å². The molecule has 0 aromatic heterocycles. The van der Waals surface area contributed by atoms with Gasteiger partial charge < -0.3 is 19.7 Å². The molecule has 1 N–H and O–H groups in total. The fourth-order valence-corrected chi connectivity index (χ4v) is 8.73. The molecule has 7 atom stereocenters. The fourth-order valence-electron chi connectivity index (χ4n) is 8.73. The van der Waals surface area contributed by atoms with E-state index in [0.717, 1.165) is 49.2 Å². The Morgan fingerprint density at radius 1 is 1.05 bits per heavy atom. The molecule has 3 fully saturated rings. The molecule has 6 nitrogen and oxygen atoms in total. The summed E-state index contributed by atoms with van der Waals surface area (Å²) < 4.78 is 10.7. The third-order valence-corrected chi connectivity index (χ3v) is 10.8. The molecule has 1 heterocycles. The van der Waals surface area contributed by atoms with Gasteiger partial charge in [0.1, 0.15) is 0 Å². The van der Waals surface area contributed by atoms with Gasteiger partial charge in [0.2, 0.25) is 11.8 Å². The first-order valence-electron chi connectivity index (χ1n) is 14.2. The van der Waals surface area contributed by atoms with Crippen molar-refractivity contribution in [3.63, 3.8) is 0 Å². The first-order valence-corrected chi connectivity index (χ1v) is 14.2. The third-order valence-electron chi connectivity index (χ3n) is 10.8. The minimum Gasteiger partial charge on any atom is -0.493 e. The van der Waals surface area contributed by atoms with Gasteiger partial charge in [-0.25, -0.2) is 0 Å². The molecule has 3 saturated carbocycles. The predicted molar refractivity (Wildman–Crippen MR) is 144 cm³/mol. The van der Waals surface area contributed by atoms with Crippen LogP contribution in [0.2, 0.25) is 0 Å². The number of nitrogens with one attached hydrogen (secondary N) is 1. The maximum Gasteiger partial charge on any atom is 0.246 e. The normalized spacial score (nSPS) is 36.4. The monoisotopic (exact) mass is 508 g/mol. The number of methoxy groups -OCH3 is 2. The summed E-state index contributed by atoms with van der Waals surface area (Å²) in [6.45, 7) is 4.83. The molecule has 3 aliphatic carbocycles. The standard InChI is InChI=1S/C31H44N2O4/c1-30-17-15-23-21(10-14-27-31(23,2)18-16-29(35)33(27)3)22(30)11-13-26(30)32-28(34)8-6-7-20-9-12-24(36-4)25(19-20)37-5/h9,12,16,18-19,21-23,26-27H,6-8,10-11,13-15,17H2,1-5H3,(H,32,34)/t21-,22-,23+,26?,27?,30-,31+/m0/s1. The lowest BCUT2D eigenvalue weighted by molar-refractivity contribution is -0.138. The molecule has 202 valence electrons. The third kappa shape index (κ3) is 4.44. The number of hydrogen-bond donors (Lipinski definition) is 1. The number of amides is 2. The number of carbonyl (C=O) groups excluding carboxylic acids is 2. The van der Waals surface area contributed by atoms with Crippen LogP contribution in [0, 0.1) is 28.6 Å². The van der Waals surface area contributed by atoms with E-state index in [0.29, 0.717) is 30.2 Å². The maximum atomic E-state index is 13.0. The Hall–Kier alpha value is -2.50. The van der Waals surface area contributed by atoms with E-state index in [1.54, 1.807) is 14.2 Å². The largest absolute Gasteiger partial charge is 0.493 e. The predicted octanol–water partition coefficient (Wildman–Crippen LogP) is 5.15. The van der Waals surface area contributed by atoms with Crippen LogP contribution in [-0.2, 0) is 16.0 Å². The molecular weight excluding hydrogens is 464 g/mol. The first kappa shape index (κ1) is 26.1. The summed E-state index contributed by atoms with van der Waals surface area (Å²) in [4.78, 5) is 27.3. The molecule has 2 unspecified atom stereocenters. The molecule has 0 spiro atoms. The van der Waals surface area contributed by atoms with Crippen molar-refractivity contribution in [3.05, 3.63) is 35.9 Å². The summed E-state index contributed by atoms with van der Waals surface area (Å²) in [5.74, 6) is 3.74. The highest BCUT2D eigenvalue weighted by Crippen LogP contribution is 2.63. The summed E-state index contributed by atoms with van der Waals surface area (Å²) >= 11 is 0. The van der Waals surface area contributed by atoms with Crippen molar-refractivity contribution in [2.24, 2.45) is 28.6 Å². The van der Waals surface area contributed by atoms with Crippen LogP contribution in [0.4, 0.5) is 0 Å². The number of benzene rings is 1. The van der Waals surface area contributed by atoms with Crippen LogP contribution in [-0.4, -0.2) is 50.1 Å². The van der Waals surface area contributed by atoms with Crippen LogP contribution in [0.5, 0.6) is 11.5 Å². The average Bonchev–Trinajstić information content (AvgIpc) is 3.22. The van der Waals surface area contributed by atoms with Crippen molar-refractivity contribution < 1.29 is 19.1 Å². The topological polar surface area (TPSA) is 67.9 Å². The number of ether oxygens (including phenoxy) is 2. The van der Waals surface area contributed by atoms with Crippen molar-refractivity contribution in [3.8, 4) is 11.5 Å². The van der Waals surface area contributed by atoms with Crippen molar-refractivity contribution in [1.29, 1.82) is 0 Å². The van der Waals surface area contributed by atoms with Crippen LogP contribution in [0.25, 0.3) is 0 Å². The second-order valence-electron chi connectivity index (χ2n) is 12.4. The molecule has 0 saturated heterocycles. The fraction of sp³-hybridized carbons (Fsp3) is 0.677. The smallest absolute Gasteiger partial charge is 0.246 e. The van der Waals surface area contributed by atoms with Crippen molar-refractivity contribution in [1.82, 2.24) is 10.2 Å². The van der Waals surface area contributed by atoms with Gasteiger partial charge in [0.25, 0.3) is 0 Å². The average molecular weight is 509 g/mol. The number of likely N-dealkylation sites (N-methyl/N-ethyl adjacent to an activating group) is 1. The zero-order valence-electron chi connectivity index (χ0n) is 23.2. The quantitative estimate of drug-likeness (QED) is 0.553. The second kappa shape index (κ2) is 9.99. The number of carbonyl (C=O) groups is 2. The molecule has 1 aromatic rings. The van der Waals surface area contributed by atoms with E-state index in [-0.39, 0.29) is 28.7 Å². The molecule has 1 aromatic carbocycles. The van der Waals surface area contributed by atoms with Crippen molar-refractivity contribution in [2.75, 3.05) is 21.3 Å². The van der Waals surface area contributed by atoms with E-state index in [9.17, 15) is 9.59 Å². The van der Waals surface area contributed by atoms with Gasteiger partial charge in [-0.05, 0) is 98.3 Å². The highest BCUT2D eigenvalue weighted by atomic mass is 16.5. The second-order valence-corrected chi connectivity index (χ2v) is 12.4. The van der Waals surface area contributed by atoms with Crippen LogP contribution < -0.4 is 14.8 Å². The van der Waals surface area contributed by atoms with Gasteiger partial charge in [0.15, 0.2) is 11.5 Å². The lowest BCUT2D eigenvalue weighted by atomic mass is 9.48. The highest BCUT2D eigenvalue weighted by Gasteiger charge is 2.60. The summed E-state index contributed by atoms with van der Waals surface area (Å²) in [5.41, 5.74) is 1.40. The zero-order valence-corrected chi connectivity index (χ0v) is 23.2. The van der Waals surface area contributed by atoms with E-state index in [1.807, 2.05) is 36.2 Å². The van der Waals surface area contributed by atoms with Gasteiger partial charge in [0, 0.05) is 31.0 Å². The Morgan fingerprint density at radius 2 is 1.84 bits per heavy atom. The Bertz CT molecular complexity index is 1070. The maximum absolute atomic E-state index is 13.0. The summed E-state index contributed by atoms with van der Waals surface area (Å²) in [6.07, 6.45) is 13.2. The number of rotatable bonds is 7. The highest BCUT2D eigenvalue weighted by molar-refractivity contribution is 5.89. The molecule has 5 rings (SSSR count). The molecule has 6 heteroatoms. The van der Waals surface area contributed by atoms with E-state index in [2.05, 4.69) is 25.2 Å². The molecule has 0 radical (unpaired) electrons. The van der Waals surface area contributed by atoms with E-state index in [1.165, 1.54) is 19.3 Å². The van der Waals surface area contributed by atoms with Crippen LogP contribution in [0.1, 0.15) is 70.8 Å². The number of nitrogens with zero attached hydrogens (tertiary/aromatic N) is 1. The van der Waals surface area contributed by atoms with Gasteiger partial charge in [-0.3, -0.25) is 9.59 Å². The molecule has 2 amide bonds. The van der Waals surface area contributed by atoms with Crippen molar-refractivity contribution in [2.45, 2.75) is 83.7 Å². The minimum atomic E-state index is 0.0678. The number of fused-ring (bicyclic) bond motifs is 5. The van der Waals surface area contributed by atoms with Gasteiger partial charge in [-0.2, -0.15) is 0 Å². The molecular formula is C31H44N2O4. The summed E-state index contributed by atoms with van der Waals surface area (Å²) in [5, 5.41) is 3.47. The van der Waals surface area contributed by atoms with Crippen LogP contribution >= 0.6 is 0 Å². The van der Waals surface area contributed by atoms with Gasteiger partial charge in [-0.1, -0.05) is 26.0 Å². The summed E-state index contributed by atoms with van der Waals surface area (Å²) in [6, 6.07) is 6.56. The zero-order chi connectivity index (χ0) is 26.4. The number of aryl methyl sites for hydroxylation is 1. The Balaban J connectivity index is 1.19.